The Morgan fingerprint density at radius 2 is 1.90 bits per heavy atom. The average molecular weight is 275 g/mol. The van der Waals surface area contributed by atoms with Gasteiger partial charge in [-0.15, -0.1) is 0 Å². The van der Waals surface area contributed by atoms with Crippen molar-refractivity contribution in [1.82, 2.24) is 9.88 Å². The van der Waals surface area contributed by atoms with Crippen LogP contribution in [0.5, 0.6) is 0 Å². The van der Waals surface area contributed by atoms with Crippen LogP contribution in [0.1, 0.15) is 11.1 Å². The third-order valence-electron chi connectivity index (χ3n) is 3.60. The lowest BCUT2D eigenvalue weighted by atomic mass is 10.2. The van der Waals surface area contributed by atoms with Crippen LogP contribution >= 0.6 is 0 Å². The first-order chi connectivity index (χ1) is 10.4. The molecule has 0 amide bonds. The van der Waals surface area contributed by atoms with Crippen molar-refractivity contribution in [2.45, 2.75) is 13.1 Å². The van der Waals surface area contributed by atoms with Gasteiger partial charge in [0.15, 0.2) is 0 Å². The number of fused-ring (bicyclic) bond motifs is 1. The number of hydrogen-bond donors (Lipinski definition) is 1. The van der Waals surface area contributed by atoms with E-state index in [0.29, 0.717) is 5.56 Å². The molecule has 1 aromatic heterocycles. The van der Waals surface area contributed by atoms with E-state index in [4.69, 9.17) is 5.26 Å². The molecule has 1 heterocycles. The quantitative estimate of drug-likeness (QED) is 0.726. The Bertz CT molecular complexity index is 766. The van der Waals surface area contributed by atoms with E-state index in [2.05, 4.69) is 52.5 Å². The van der Waals surface area contributed by atoms with Crippen LogP contribution in [-0.4, -0.2) is 11.1 Å². The molecule has 21 heavy (non-hydrogen) atoms. The van der Waals surface area contributed by atoms with Crippen molar-refractivity contribution in [1.29, 1.82) is 5.26 Å². The van der Waals surface area contributed by atoms with E-state index in [1.54, 1.807) is 0 Å². The van der Waals surface area contributed by atoms with E-state index in [0.717, 1.165) is 25.2 Å². The second-order valence-corrected chi connectivity index (χ2v) is 5.06. The summed E-state index contributed by atoms with van der Waals surface area (Å²) >= 11 is 0. The molecule has 0 aliphatic carbocycles. The lowest BCUT2D eigenvalue weighted by Gasteiger charge is -2.07. The van der Waals surface area contributed by atoms with Crippen molar-refractivity contribution in [3.05, 3.63) is 71.9 Å². The summed E-state index contributed by atoms with van der Waals surface area (Å²) in [5, 5.41) is 13.6. The first-order valence-corrected chi connectivity index (χ1v) is 7.10. The second kappa shape index (κ2) is 6.25. The Kier molecular flexibility index (Phi) is 3.99. The maximum Gasteiger partial charge on any atom is 0.0992 e. The predicted molar refractivity (Wildman–Crippen MR) is 84.8 cm³/mol. The van der Waals surface area contributed by atoms with Gasteiger partial charge in [0.1, 0.15) is 0 Å². The summed E-state index contributed by atoms with van der Waals surface area (Å²) in [5.74, 6) is 0. The Morgan fingerprint density at radius 3 is 2.71 bits per heavy atom. The lowest BCUT2D eigenvalue weighted by molar-refractivity contribution is 0.609. The van der Waals surface area contributed by atoms with E-state index in [9.17, 15) is 0 Å². The molecule has 3 nitrogen and oxygen atoms in total. The molecule has 0 saturated heterocycles. The monoisotopic (exact) mass is 275 g/mol. The molecule has 0 aliphatic heterocycles. The smallest absolute Gasteiger partial charge is 0.0992 e. The summed E-state index contributed by atoms with van der Waals surface area (Å²) in [6.07, 6.45) is 2.08. The Morgan fingerprint density at radius 1 is 1.05 bits per heavy atom. The Balaban J connectivity index is 1.62. The van der Waals surface area contributed by atoms with Crippen molar-refractivity contribution in [2.75, 3.05) is 6.54 Å². The molecule has 104 valence electrons. The molecule has 3 rings (SSSR count). The van der Waals surface area contributed by atoms with Gasteiger partial charge in [0, 0.05) is 31.3 Å². The fourth-order valence-electron chi connectivity index (χ4n) is 2.48. The topological polar surface area (TPSA) is 40.8 Å². The average Bonchev–Trinajstić information content (AvgIpc) is 2.95. The summed E-state index contributed by atoms with van der Waals surface area (Å²) in [6.45, 7) is 2.67. The minimum atomic E-state index is 0.708. The van der Waals surface area contributed by atoms with Gasteiger partial charge in [-0.05, 0) is 29.1 Å². The van der Waals surface area contributed by atoms with E-state index in [-0.39, 0.29) is 0 Å². The molecule has 2 aromatic carbocycles. The molecule has 0 atom stereocenters. The number of benzene rings is 2. The Labute approximate surface area is 124 Å². The zero-order chi connectivity index (χ0) is 14.5. The third kappa shape index (κ3) is 3.13. The van der Waals surface area contributed by atoms with Crippen LogP contribution in [0.4, 0.5) is 0 Å². The van der Waals surface area contributed by atoms with Crippen LogP contribution < -0.4 is 5.32 Å². The highest BCUT2D eigenvalue weighted by Gasteiger charge is 2.02. The van der Waals surface area contributed by atoms with Crippen LogP contribution in [0, 0.1) is 11.3 Å². The zero-order valence-corrected chi connectivity index (χ0v) is 11.8. The minimum absolute atomic E-state index is 0.708. The molecular weight excluding hydrogens is 258 g/mol. The molecule has 3 heteroatoms. The van der Waals surface area contributed by atoms with Gasteiger partial charge in [-0.3, -0.25) is 0 Å². The van der Waals surface area contributed by atoms with Crippen LogP contribution in [-0.2, 0) is 13.1 Å². The molecule has 0 fully saturated rings. The number of nitrogens with one attached hydrogen (secondary N) is 1. The summed E-state index contributed by atoms with van der Waals surface area (Å²) in [5.41, 5.74) is 3.12. The van der Waals surface area contributed by atoms with Crippen LogP contribution in [0.25, 0.3) is 10.9 Å². The lowest BCUT2D eigenvalue weighted by Crippen LogP contribution is -2.19. The summed E-state index contributed by atoms with van der Waals surface area (Å²) in [7, 11) is 0. The van der Waals surface area contributed by atoms with Crippen molar-refractivity contribution in [3.8, 4) is 6.07 Å². The van der Waals surface area contributed by atoms with Crippen LogP contribution in [0.15, 0.2) is 60.8 Å². The van der Waals surface area contributed by atoms with Crippen molar-refractivity contribution >= 4 is 10.9 Å². The van der Waals surface area contributed by atoms with E-state index in [1.165, 1.54) is 10.9 Å². The molecule has 3 aromatic rings. The first-order valence-electron chi connectivity index (χ1n) is 7.10. The van der Waals surface area contributed by atoms with Crippen molar-refractivity contribution in [2.24, 2.45) is 0 Å². The van der Waals surface area contributed by atoms with Gasteiger partial charge in [0.05, 0.1) is 11.6 Å². The van der Waals surface area contributed by atoms with Gasteiger partial charge < -0.3 is 9.88 Å². The molecular formula is C18H17N3. The SMILES string of the molecule is N#Cc1ccc2ccn(CCNCc3ccccc3)c2c1. The largest absolute Gasteiger partial charge is 0.346 e. The highest BCUT2D eigenvalue weighted by Crippen LogP contribution is 2.17. The zero-order valence-electron chi connectivity index (χ0n) is 11.8. The number of nitrogens with zero attached hydrogens (tertiary/aromatic N) is 2. The van der Waals surface area contributed by atoms with E-state index >= 15 is 0 Å². The van der Waals surface area contributed by atoms with Crippen LogP contribution in [0.3, 0.4) is 0 Å². The number of hydrogen-bond acceptors (Lipinski definition) is 2. The minimum Gasteiger partial charge on any atom is -0.346 e. The Hall–Kier alpha value is -2.57. The number of aromatic nitrogens is 1. The number of nitriles is 1. The predicted octanol–water partition coefficient (Wildman–Crippen LogP) is 3.30. The summed E-state index contributed by atoms with van der Waals surface area (Å²) < 4.78 is 2.19. The maximum absolute atomic E-state index is 8.99. The highest BCUT2D eigenvalue weighted by atomic mass is 15.0. The molecule has 0 unspecified atom stereocenters. The fraction of sp³-hybridized carbons (Fsp3) is 0.167. The van der Waals surface area contributed by atoms with Crippen molar-refractivity contribution in [3.63, 3.8) is 0 Å². The van der Waals surface area contributed by atoms with Gasteiger partial charge in [-0.1, -0.05) is 36.4 Å². The molecule has 1 N–H and O–H groups in total. The molecule has 0 aliphatic rings. The van der Waals surface area contributed by atoms with E-state index < -0.39 is 0 Å². The van der Waals surface area contributed by atoms with Gasteiger partial charge >= 0.3 is 0 Å². The second-order valence-electron chi connectivity index (χ2n) is 5.06. The van der Waals surface area contributed by atoms with Crippen LogP contribution in [0.2, 0.25) is 0 Å². The van der Waals surface area contributed by atoms with E-state index in [1.807, 2.05) is 24.3 Å². The standard InChI is InChI=1S/C18H17N3/c19-13-16-6-7-17-8-10-21(18(17)12-16)11-9-20-14-15-4-2-1-3-5-15/h1-8,10,12,20H,9,11,14H2. The third-order valence-corrected chi connectivity index (χ3v) is 3.60. The van der Waals surface area contributed by atoms with Gasteiger partial charge in [-0.2, -0.15) is 5.26 Å². The number of rotatable bonds is 5. The molecule has 0 bridgehead atoms. The maximum atomic E-state index is 8.99. The van der Waals surface area contributed by atoms with Crippen molar-refractivity contribution < 1.29 is 0 Å². The normalized spacial score (nSPS) is 10.6. The fourth-order valence-corrected chi connectivity index (χ4v) is 2.48. The van der Waals surface area contributed by atoms with Gasteiger partial charge in [-0.25, -0.2) is 0 Å². The molecule has 0 spiro atoms. The summed E-state index contributed by atoms with van der Waals surface area (Å²) in [4.78, 5) is 0. The summed E-state index contributed by atoms with van der Waals surface area (Å²) in [6, 6.07) is 20.5. The van der Waals surface area contributed by atoms with Gasteiger partial charge in [0.25, 0.3) is 0 Å². The first kappa shape index (κ1) is 13.4. The molecule has 0 radical (unpaired) electrons. The highest BCUT2D eigenvalue weighted by molar-refractivity contribution is 5.81. The molecule has 0 saturated carbocycles. The van der Waals surface area contributed by atoms with Gasteiger partial charge in [0.2, 0.25) is 0 Å².